The van der Waals surface area contributed by atoms with Crippen molar-refractivity contribution in [1.29, 1.82) is 0 Å². The molecular formula is C15H16BrNO4. The molecule has 0 amide bonds. The third kappa shape index (κ3) is 2.90. The van der Waals surface area contributed by atoms with Crippen molar-refractivity contribution in [3.63, 3.8) is 0 Å². The van der Waals surface area contributed by atoms with Gasteiger partial charge in [-0.3, -0.25) is 4.79 Å². The van der Waals surface area contributed by atoms with E-state index in [2.05, 4.69) is 15.9 Å². The summed E-state index contributed by atoms with van der Waals surface area (Å²) in [6.45, 7) is 0. The van der Waals surface area contributed by atoms with Crippen LogP contribution in [0.1, 0.15) is 16.1 Å². The molecule has 0 atom stereocenters. The lowest BCUT2D eigenvalue weighted by Crippen LogP contribution is -2.08. The molecule has 0 fully saturated rings. The van der Waals surface area contributed by atoms with Crippen LogP contribution in [0.3, 0.4) is 0 Å². The summed E-state index contributed by atoms with van der Waals surface area (Å²) in [5.41, 5.74) is 1.04. The molecule has 0 radical (unpaired) electrons. The first-order chi connectivity index (χ1) is 10.0. The number of methoxy groups -OCH3 is 3. The summed E-state index contributed by atoms with van der Waals surface area (Å²) in [5, 5.41) is 0. The highest BCUT2D eigenvalue weighted by Gasteiger charge is 2.19. The smallest absolute Gasteiger partial charge is 0.209 e. The Bertz CT molecular complexity index is 653. The average molecular weight is 354 g/mol. The molecule has 1 aromatic carbocycles. The Labute approximate surface area is 131 Å². The van der Waals surface area contributed by atoms with Crippen LogP contribution >= 0.6 is 15.9 Å². The van der Waals surface area contributed by atoms with Crippen molar-refractivity contribution in [2.45, 2.75) is 0 Å². The zero-order chi connectivity index (χ0) is 15.6. The number of rotatable bonds is 5. The molecule has 0 aliphatic carbocycles. The van der Waals surface area contributed by atoms with Crippen LogP contribution in [-0.4, -0.2) is 31.7 Å². The zero-order valence-electron chi connectivity index (χ0n) is 12.3. The molecule has 0 unspecified atom stereocenters. The standard InChI is InChI=1S/C15H16BrNO4/c1-17-8-10(16)7-11(17)14(18)9-5-12(19-2)15(21-4)13(6-9)20-3/h5-8H,1-4H3. The number of ether oxygens (including phenoxy) is 3. The minimum absolute atomic E-state index is 0.123. The summed E-state index contributed by atoms with van der Waals surface area (Å²) in [4.78, 5) is 12.6. The van der Waals surface area contributed by atoms with Gasteiger partial charge in [-0.15, -0.1) is 0 Å². The van der Waals surface area contributed by atoms with Gasteiger partial charge in [0.25, 0.3) is 0 Å². The molecule has 1 aromatic heterocycles. The number of hydrogen-bond donors (Lipinski definition) is 0. The summed E-state index contributed by atoms with van der Waals surface area (Å²) in [6.07, 6.45) is 1.82. The molecule has 0 bridgehead atoms. The quantitative estimate of drug-likeness (QED) is 0.775. The molecule has 6 heteroatoms. The SMILES string of the molecule is COc1cc(C(=O)c2cc(Br)cn2C)cc(OC)c1OC. The number of nitrogens with zero attached hydrogens (tertiary/aromatic N) is 1. The molecule has 1 heterocycles. The van der Waals surface area contributed by atoms with Crippen LogP contribution in [0.4, 0.5) is 0 Å². The Morgan fingerprint density at radius 2 is 1.62 bits per heavy atom. The van der Waals surface area contributed by atoms with Crippen molar-refractivity contribution in [2.24, 2.45) is 7.05 Å². The van der Waals surface area contributed by atoms with Crippen LogP contribution in [0.5, 0.6) is 17.2 Å². The molecule has 2 aromatic rings. The van der Waals surface area contributed by atoms with Crippen LogP contribution in [-0.2, 0) is 7.05 Å². The van der Waals surface area contributed by atoms with E-state index >= 15 is 0 Å². The summed E-state index contributed by atoms with van der Waals surface area (Å²) in [5.74, 6) is 1.24. The number of aromatic nitrogens is 1. The van der Waals surface area contributed by atoms with E-state index in [4.69, 9.17) is 14.2 Å². The highest BCUT2D eigenvalue weighted by atomic mass is 79.9. The first-order valence-electron chi connectivity index (χ1n) is 6.18. The molecule has 0 aliphatic heterocycles. The van der Waals surface area contributed by atoms with Gasteiger partial charge >= 0.3 is 0 Å². The lowest BCUT2D eigenvalue weighted by atomic mass is 10.1. The summed E-state index contributed by atoms with van der Waals surface area (Å²) in [6, 6.07) is 5.06. The van der Waals surface area contributed by atoms with Gasteiger partial charge in [0, 0.05) is 23.3 Å². The lowest BCUT2D eigenvalue weighted by Gasteiger charge is -2.13. The molecule has 0 N–H and O–H groups in total. The minimum atomic E-state index is -0.123. The molecule has 112 valence electrons. The van der Waals surface area contributed by atoms with Gasteiger partial charge in [0.05, 0.1) is 27.0 Å². The van der Waals surface area contributed by atoms with Gasteiger partial charge in [-0.2, -0.15) is 0 Å². The normalized spacial score (nSPS) is 10.3. The number of halogens is 1. The van der Waals surface area contributed by atoms with Crippen molar-refractivity contribution in [3.8, 4) is 17.2 Å². The predicted octanol–water partition coefficient (Wildman–Crippen LogP) is 3.04. The van der Waals surface area contributed by atoms with Gasteiger partial charge < -0.3 is 18.8 Å². The first kappa shape index (κ1) is 15.4. The van der Waals surface area contributed by atoms with Gasteiger partial charge in [-0.25, -0.2) is 0 Å². The summed E-state index contributed by atoms with van der Waals surface area (Å²) in [7, 11) is 6.38. The highest BCUT2D eigenvalue weighted by Crippen LogP contribution is 2.38. The second-order valence-corrected chi connectivity index (χ2v) is 5.31. The van der Waals surface area contributed by atoms with E-state index in [0.29, 0.717) is 28.5 Å². The van der Waals surface area contributed by atoms with Gasteiger partial charge in [0.2, 0.25) is 11.5 Å². The van der Waals surface area contributed by atoms with Crippen LogP contribution in [0, 0.1) is 0 Å². The Hall–Kier alpha value is -1.95. The fourth-order valence-electron chi connectivity index (χ4n) is 2.11. The first-order valence-corrected chi connectivity index (χ1v) is 6.97. The molecular weight excluding hydrogens is 338 g/mol. The second-order valence-electron chi connectivity index (χ2n) is 4.40. The number of aryl methyl sites for hydroxylation is 1. The van der Waals surface area contributed by atoms with Crippen molar-refractivity contribution < 1.29 is 19.0 Å². The van der Waals surface area contributed by atoms with E-state index in [9.17, 15) is 4.79 Å². The third-order valence-electron chi connectivity index (χ3n) is 3.13. The Kier molecular flexibility index (Phi) is 4.57. The highest BCUT2D eigenvalue weighted by molar-refractivity contribution is 9.10. The molecule has 0 saturated carbocycles. The van der Waals surface area contributed by atoms with Crippen LogP contribution in [0.2, 0.25) is 0 Å². The molecule has 0 aliphatic rings. The summed E-state index contributed by atoms with van der Waals surface area (Å²) >= 11 is 3.36. The largest absolute Gasteiger partial charge is 0.493 e. The fourth-order valence-corrected chi connectivity index (χ4v) is 2.63. The molecule has 0 spiro atoms. The number of benzene rings is 1. The van der Waals surface area contributed by atoms with Crippen molar-refractivity contribution >= 4 is 21.7 Å². The number of ketones is 1. The van der Waals surface area contributed by atoms with Crippen molar-refractivity contribution in [3.05, 3.63) is 40.1 Å². The van der Waals surface area contributed by atoms with Crippen molar-refractivity contribution in [2.75, 3.05) is 21.3 Å². The molecule has 5 nitrogen and oxygen atoms in total. The van der Waals surface area contributed by atoms with E-state index < -0.39 is 0 Å². The number of hydrogen-bond acceptors (Lipinski definition) is 4. The summed E-state index contributed by atoms with van der Waals surface area (Å²) < 4.78 is 18.4. The van der Waals surface area contributed by atoms with Gasteiger partial charge in [0.1, 0.15) is 0 Å². The van der Waals surface area contributed by atoms with Crippen LogP contribution < -0.4 is 14.2 Å². The van der Waals surface area contributed by atoms with E-state index in [0.717, 1.165) is 4.47 Å². The monoisotopic (exact) mass is 353 g/mol. The molecule has 2 rings (SSSR count). The zero-order valence-corrected chi connectivity index (χ0v) is 13.9. The predicted molar refractivity (Wildman–Crippen MR) is 82.6 cm³/mol. The maximum Gasteiger partial charge on any atom is 0.209 e. The topological polar surface area (TPSA) is 49.7 Å². The maximum atomic E-state index is 12.6. The van der Waals surface area contributed by atoms with Crippen molar-refractivity contribution in [1.82, 2.24) is 4.57 Å². The molecule has 0 saturated heterocycles. The van der Waals surface area contributed by atoms with Gasteiger partial charge in [-0.1, -0.05) is 0 Å². The number of carbonyl (C=O) groups excluding carboxylic acids is 1. The second kappa shape index (κ2) is 6.22. The fraction of sp³-hybridized carbons (Fsp3) is 0.267. The Morgan fingerprint density at radius 3 is 2.00 bits per heavy atom. The maximum absolute atomic E-state index is 12.6. The van der Waals surface area contributed by atoms with Gasteiger partial charge in [-0.05, 0) is 34.1 Å². The lowest BCUT2D eigenvalue weighted by molar-refractivity contribution is 0.103. The minimum Gasteiger partial charge on any atom is -0.493 e. The van der Waals surface area contributed by atoms with E-state index in [1.54, 1.807) is 22.8 Å². The third-order valence-corrected chi connectivity index (χ3v) is 3.56. The van der Waals surface area contributed by atoms with E-state index in [-0.39, 0.29) is 5.78 Å². The molecule has 21 heavy (non-hydrogen) atoms. The Balaban J connectivity index is 2.53. The van der Waals surface area contributed by atoms with Crippen LogP contribution in [0.25, 0.3) is 0 Å². The number of carbonyl (C=O) groups is 1. The van der Waals surface area contributed by atoms with E-state index in [1.165, 1.54) is 21.3 Å². The average Bonchev–Trinajstić information content (AvgIpc) is 2.83. The van der Waals surface area contributed by atoms with Crippen LogP contribution in [0.15, 0.2) is 28.9 Å². The van der Waals surface area contributed by atoms with E-state index in [1.807, 2.05) is 13.2 Å². The Morgan fingerprint density at radius 1 is 1.05 bits per heavy atom. The van der Waals surface area contributed by atoms with Gasteiger partial charge in [0.15, 0.2) is 11.5 Å².